The molecule has 1 aliphatic carbocycles. The molecule has 2 aliphatic rings. The van der Waals surface area contributed by atoms with Crippen molar-refractivity contribution < 1.29 is 9.47 Å². The first-order valence-electron chi connectivity index (χ1n) is 6.23. The van der Waals surface area contributed by atoms with Crippen LogP contribution in [0.15, 0.2) is 18.2 Å². The summed E-state index contributed by atoms with van der Waals surface area (Å²) in [6, 6.07) is 5.44. The Morgan fingerprint density at radius 3 is 2.56 bits per heavy atom. The summed E-state index contributed by atoms with van der Waals surface area (Å²) in [6.07, 6.45) is 3.76. The van der Waals surface area contributed by atoms with Crippen LogP contribution in [0.2, 0.25) is 10.0 Å². The summed E-state index contributed by atoms with van der Waals surface area (Å²) in [5.74, 6) is -0.431. The zero-order valence-corrected chi connectivity index (χ0v) is 11.5. The molecule has 1 aliphatic heterocycles. The highest BCUT2D eigenvalue weighted by Gasteiger charge is 2.48. The van der Waals surface area contributed by atoms with Gasteiger partial charge in [0.2, 0.25) is 0 Å². The molecule has 2 atom stereocenters. The van der Waals surface area contributed by atoms with E-state index in [0.29, 0.717) is 10.0 Å². The maximum absolute atomic E-state index is 6.22. The molecule has 97 valence electrons. The van der Waals surface area contributed by atoms with Crippen LogP contribution in [0.1, 0.15) is 37.4 Å². The average Bonchev–Trinajstić information content (AvgIpc) is 2.87. The predicted octanol–water partition coefficient (Wildman–Crippen LogP) is 4.55. The van der Waals surface area contributed by atoms with Gasteiger partial charge in [0, 0.05) is 28.5 Å². The molecule has 0 aromatic heterocycles. The van der Waals surface area contributed by atoms with E-state index in [1.165, 1.54) is 0 Å². The molecule has 1 spiro atoms. The third kappa shape index (κ3) is 2.16. The molecule has 0 amide bonds. The van der Waals surface area contributed by atoms with Crippen molar-refractivity contribution in [3.8, 4) is 0 Å². The van der Waals surface area contributed by atoms with E-state index in [1.54, 1.807) is 6.07 Å². The van der Waals surface area contributed by atoms with Gasteiger partial charge in [-0.25, -0.2) is 0 Å². The molecule has 18 heavy (non-hydrogen) atoms. The number of hydrogen-bond donors (Lipinski definition) is 0. The number of benzene rings is 1. The number of hydrogen-bond acceptors (Lipinski definition) is 2. The Balaban J connectivity index is 1.88. The van der Waals surface area contributed by atoms with Crippen LogP contribution in [0, 0.1) is 6.92 Å². The molecule has 1 saturated heterocycles. The minimum Gasteiger partial charge on any atom is -0.344 e. The summed E-state index contributed by atoms with van der Waals surface area (Å²) in [5, 5.41) is 1.23. The molecule has 1 aromatic rings. The topological polar surface area (TPSA) is 18.5 Å². The van der Waals surface area contributed by atoms with Crippen molar-refractivity contribution >= 4 is 23.2 Å². The smallest absolute Gasteiger partial charge is 0.169 e. The van der Waals surface area contributed by atoms with Gasteiger partial charge in [0.05, 0.1) is 6.10 Å². The van der Waals surface area contributed by atoms with Crippen LogP contribution in [0.4, 0.5) is 0 Å². The summed E-state index contributed by atoms with van der Waals surface area (Å²) in [7, 11) is 0. The highest BCUT2D eigenvalue weighted by molar-refractivity contribution is 6.35. The van der Waals surface area contributed by atoms with Gasteiger partial charge in [-0.05, 0) is 31.9 Å². The highest BCUT2D eigenvalue weighted by atomic mass is 35.5. The van der Waals surface area contributed by atoms with Crippen molar-refractivity contribution in [2.75, 3.05) is 0 Å². The van der Waals surface area contributed by atoms with Crippen LogP contribution in [-0.2, 0) is 9.47 Å². The molecular weight excluding hydrogens is 271 g/mol. The fraction of sp³-hybridized carbons (Fsp3) is 0.500. The standard InChI is InChI=1S/C14H15Cl2O2/c1-9-13(11-5-4-10(15)8-12(11)16)18-14(17-9)6-2-3-7-14/h4-5,8-9,13H,1-3,6-7H2/t9-,13+/m1/s1. The normalized spacial score (nSPS) is 30.2. The Hall–Kier alpha value is -0.280. The fourth-order valence-corrected chi connectivity index (χ4v) is 3.33. The molecule has 2 nitrogen and oxygen atoms in total. The molecule has 0 N–H and O–H groups in total. The second-order valence-corrected chi connectivity index (χ2v) is 5.82. The van der Waals surface area contributed by atoms with E-state index in [2.05, 4.69) is 6.92 Å². The van der Waals surface area contributed by atoms with E-state index in [4.69, 9.17) is 32.7 Å². The van der Waals surface area contributed by atoms with Crippen molar-refractivity contribution in [2.45, 2.75) is 43.7 Å². The number of rotatable bonds is 1. The lowest BCUT2D eigenvalue weighted by atomic mass is 10.1. The van der Waals surface area contributed by atoms with Crippen LogP contribution in [-0.4, -0.2) is 11.9 Å². The van der Waals surface area contributed by atoms with Crippen molar-refractivity contribution in [2.24, 2.45) is 0 Å². The molecule has 0 unspecified atom stereocenters. The monoisotopic (exact) mass is 285 g/mol. The molecule has 1 heterocycles. The van der Waals surface area contributed by atoms with Crippen molar-refractivity contribution in [1.82, 2.24) is 0 Å². The zero-order valence-electron chi connectivity index (χ0n) is 9.99. The molecular formula is C14H15Cl2O2. The molecule has 3 rings (SSSR count). The lowest BCUT2D eigenvalue weighted by molar-refractivity contribution is -0.167. The van der Waals surface area contributed by atoms with Crippen molar-refractivity contribution in [3.63, 3.8) is 0 Å². The maximum atomic E-state index is 6.22. The Bertz CT molecular complexity index is 455. The largest absolute Gasteiger partial charge is 0.344 e. The van der Waals surface area contributed by atoms with E-state index in [1.807, 2.05) is 12.1 Å². The maximum Gasteiger partial charge on any atom is 0.169 e. The fourth-order valence-electron chi connectivity index (χ4n) is 2.82. The summed E-state index contributed by atoms with van der Waals surface area (Å²) in [4.78, 5) is 0. The van der Waals surface area contributed by atoms with Crippen molar-refractivity contribution in [1.29, 1.82) is 0 Å². The first-order chi connectivity index (χ1) is 8.60. The minimum atomic E-state index is -0.431. The molecule has 1 aromatic carbocycles. The van der Waals surface area contributed by atoms with E-state index in [-0.39, 0.29) is 12.2 Å². The summed E-state index contributed by atoms with van der Waals surface area (Å²) >= 11 is 12.1. The molecule has 0 bridgehead atoms. The average molecular weight is 286 g/mol. The Labute approximate surface area is 117 Å². The molecule has 4 heteroatoms. The first kappa shape index (κ1) is 12.7. The van der Waals surface area contributed by atoms with E-state index in [9.17, 15) is 0 Å². The van der Waals surface area contributed by atoms with Gasteiger partial charge >= 0.3 is 0 Å². The minimum absolute atomic E-state index is 0.201. The van der Waals surface area contributed by atoms with Crippen LogP contribution in [0.25, 0.3) is 0 Å². The molecule has 1 radical (unpaired) electrons. The van der Waals surface area contributed by atoms with Crippen LogP contribution < -0.4 is 0 Å². The van der Waals surface area contributed by atoms with Crippen LogP contribution in [0.3, 0.4) is 0 Å². The van der Waals surface area contributed by atoms with Gasteiger partial charge in [-0.2, -0.15) is 0 Å². The highest BCUT2D eigenvalue weighted by Crippen LogP contribution is 2.48. The summed E-state index contributed by atoms with van der Waals surface area (Å²) in [6.45, 7) is 4.04. The van der Waals surface area contributed by atoms with Gasteiger partial charge < -0.3 is 9.47 Å². The van der Waals surface area contributed by atoms with E-state index < -0.39 is 5.79 Å². The second kappa shape index (κ2) is 4.68. The SMILES string of the molecule is [CH2][C@H]1OC2(CCCC2)O[C@@H]1c1ccc(Cl)cc1Cl. The Kier molecular flexibility index (Phi) is 3.31. The molecule has 1 saturated carbocycles. The Morgan fingerprint density at radius 1 is 1.17 bits per heavy atom. The van der Waals surface area contributed by atoms with Crippen LogP contribution in [0.5, 0.6) is 0 Å². The second-order valence-electron chi connectivity index (χ2n) is 4.98. The first-order valence-corrected chi connectivity index (χ1v) is 6.99. The van der Waals surface area contributed by atoms with Gasteiger partial charge in [-0.1, -0.05) is 29.3 Å². The van der Waals surface area contributed by atoms with Gasteiger partial charge in [-0.15, -0.1) is 0 Å². The third-order valence-electron chi connectivity index (χ3n) is 3.68. The third-order valence-corrected chi connectivity index (χ3v) is 4.24. The predicted molar refractivity (Wildman–Crippen MR) is 71.7 cm³/mol. The van der Waals surface area contributed by atoms with Gasteiger partial charge in [0.25, 0.3) is 0 Å². The Morgan fingerprint density at radius 2 is 1.89 bits per heavy atom. The van der Waals surface area contributed by atoms with E-state index in [0.717, 1.165) is 31.2 Å². The van der Waals surface area contributed by atoms with E-state index >= 15 is 0 Å². The molecule has 2 fully saturated rings. The lowest BCUT2D eigenvalue weighted by Crippen LogP contribution is -2.26. The van der Waals surface area contributed by atoms with Crippen LogP contribution >= 0.6 is 23.2 Å². The quantitative estimate of drug-likeness (QED) is 0.753. The summed E-state index contributed by atoms with van der Waals surface area (Å²) < 4.78 is 12.1. The summed E-state index contributed by atoms with van der Waals surface area (Å²) in [5.41, 5.74) is 0.907. The van der Waals surface area contributed by atoms with Gasteiger partial charge in [0.1, 0.15) is 6.10 Å². The van der Waals surface area contributed by atoms with Gasteiger partial charge in [-0.3, -0.25) is 0 Å². The number of halogens is 2. The van der Waals surface area contributed by atoms with Crippen molar-refractivity contribution in [3.05, 3.63) is 40.7 Å². The zero-order chi connectivity index (χ0) is 12.8. The van der Waals surface area contributed by atoms with Gasteiger partial charge in [0.15, 0.2) is 5.79 Å². The lowest BCUT2D eigenvalue weighted by Gasteiger charge is -2.22. The number of ether oxygens (including phenoxy) is 2.